The van der Waals surface area contributed by atoms with E-state index in [1.807, 2.05) is 0 Å². The summed E-state index contributed by atoms with van der Waals surface area (Å²) in [6, 6.07) is 4.26. The van der Waals surface area contributed by atoms with Gasteiger partial charge in [0, 0.05) is 11.5 Å². The molecule has 3 nitrogen and oxygen atoms in total. The highest BCUT2D eigenvalue weighted by molar-refractivity contribution is 7.91. The molecule has 0 aliphatic carbocycles. The maximum atomic E-state index is 13.3. The molecule has 5 heteroatoms. The average Bonchev–Trinajstić information content (AvgIpc) is 2.62. The summed E-state index contributed by atoms with van der Waals surface area (Å²) in [7, 11) is -3.08. The van der Waals surface area contributed by atoms with Crippen LogP contribution < -0.4 is 0 Å². The Morgan fingerprint density at radius 2 is 2.12 bits per heavy atom. The Kier molecular flexibility index (Phi) is 3.03. The summed E-state index contributed by atoms with van der Waals surface area (Å²) >= 11 is 0. The second-order valence-electron chi connectivity index (χ2n) is 4.43. The molecule has 1 aromatic rings. The number of sulfone groups is 1. The van der Waals surface area contributed by atoms with Crippen LogP contribution >= 0.6 is 0 Å². The molecule has 0 bridgehead atoms. The van der Waals surface area contributed by atoms with Crippen LogP contribution in [0.15, 0.2) is 18.2 Å². The maximum Gasteiger partial charge on any atom is 0.167 e. The summed E-state index contributed by atoms with van der Waals surface area (Å²) in [5.74, 6) is -1.28. The number of rotatable bonds is 2. The molecule has 1 saturated heterocycles. The zero-order valence-corrected chi connectivity index (χ0v) is 10.3. The highest BCUT2D eigenvalue weighted by atomic mass is 32.2. The van der Waals surface area contributed by atoms with Crippen molar-refractivity contribution in [2.24, 2.45) is 5.92 Å². The van der Waals surface area contributed by atoms with Crippen LogP contribution in [0.4, 0.5) is 4.39 Å². The van der Waals surface area contributed by atoms with E-state index >= 15 is 0 Å². The number of benzene rings is 1. The van der Waals surface area contributed by atoms with Crippen LogP contribution in [0.1, 0.15) is 22.3 Å². The first kappa shape index (κ1) is 12.2. The maximum absolute atomic E-state index is 13.3. The van der Waals surface area contributed by atoms with Gasteiger partial charge in [0.25, 0.3) is 0 Å². The highest BCUT2D eigenvalue weighted by Gasteiger charge is 2.33. The molecule has 0 spiro atoms. The van der Waals surface area contributed by atoms with Gasteiger partial charge in [0.15, 0.2) is 15.6 Å². The van der Waals surface area contributed by atoms with E-state index in [9.17, 15) is 17.6 Å². The van der Waals surface area contributed by atoms with Gasteiger partial charge in [-0.1, -0.05) is 12.1 Å². The fraction of sp³-hybridized carbons (Fsp3) is 0.417. The number of hydrogen-bond acceptors (Lipinski definition) is 3. The van der Waals surface area contributed by atoms with Gasteiger partial charge in [-0.15, -0.1) is 0 Å². The number of ketones is 1. The van der Waals surface area contributed by atoms with Gasteiger partial charge < -0.3 is 0 Å². The van der Waals surface area contributed by atoms with Crippen LogP contribution in [-0.2, 0) is 9.84 Å². The van der Waals surface area contributed by atoms with Crippen molar-refractivity contribution >= 4 is 15.6 Å². The predicted octanol–water partition coefficient (Wildman–Crippen LogP) is 1.75. The minimum atomic E-state index is -3.08. The van der Waals surface area contributed by atoms with Gasteiger partial charge in [-0.2, -0.15) is 0 Å². The second-order valence-corrected chi connectivity index (χ2v) is 6.66. The molecule has 1 heterocycles. The first-order valence-corrected chi connectivity index (χ1v) is 7.22. The Balaban J connectivity index is 2.23. The molecule has 1 aliphatic heterocycles. The molecule has 0 saturated carbocycles. The third kappa shape index (κ3) is 2.54. The number of Topliss-reactive ketones (excluding diaryl/α,β-unsaturated/α-hetero) is 1. The predicted molar refractivity (Wildman–Crippen MR) is 62.2 cm³/mol. The van der Waals surface area contributed by atoms with E-state index in [2.05, 4.69) is 0 Å². The Labute approximate surface area is 99.6 Å². The van der Waals surface area contributed by atoms with Gasteiger partial charge in [0.1, 0.15) is 5.82 Å². The van der Waals surface area contributed by atoms with Crippen LogP contribution in [-0.4, -0.2) is 25.7 Å². The molecule has 17 heavy (non-hydrogen) atoms. The van der Waals surface area contributed by atoms with Crippen LogP contribution in [0.3, 0.4) is 0 Å². The zero-order chi connectivity index (χ0) is 12.6. The number of hydrogen-bond donors (Lipinski definition) is 0. The minimum Gasteiger partial charge on any atom is -0.294 e. The Bertz CT molecular complexity index is 563. The lowest BCUT2D eigenvalue weighted by Gasteiger charge is -2.07. The molecule has 0 aromatic heterocycles. The van der Waals surface area contributed by atoms with Crippen LogP contribution in [0.2, 0.25) is 0 Å². The topological polar surface area (TPSA) is 51.2 Å². The van der Waals surface area contributed by atoms with Crippen molar-refractivity contribution in [2.45, 2.75) is 13.3 Å². The van der Waals surface area contributed by atoms with Gasteiger partial charge in [-0.05, 0) is 25.0 Å². The summed E-state index contributed by atoms with van der Waals surface area (Å²) in [6.45, 7) is 1.61. The third-order valence-corrected chi connectivity index (χ3v) is 4.83. The van der Waals surface area contributed by atoms with E-state index in [1.54, 1.807) is 13.0 Å². The Morgan fingerprint density at radius 3 is 2.65 bits per heavy atom. The number of halogens is 1. The monoisotopic (exact) mass is 256 g/mol. The number of carbonyl (C=O) groups is 1. The summed E-state index contributed by atoms with van der Waals surface area (Å²) in [5.41, 5.74) is 0.732. The molecule has 0 amide bonds. The summed E-state index contributed by atoms with van der Waals surface area (Å²) in [5, 5.41) is 0. The Morgan fingerprint density at radius 1 is 1.41 bits per heavy atom. The van der Waals surface area contributed by atoms with Crippen molar-refractivity contribution in [3.63, 3.8) is 0 Å². The van der Waals surface area contributed by atoms with Gasteiger partial charge in [-0.25, -0.2) is 12.8 Å². The fourth-order valence-electron chi connectivity index (χ4n) is 1.98. The lowest BCUT2D eigenvalue weighted by atomic mass is 9.96. The van der Waals surface area contributed by atoms with Crippen molar-refractivity contribution in [1.82, 2.24) is 0 Å². The molecule has 0 radical (unpaired) electrons. The molecule has 1 unspecified atom stereocenters. The van der Waals surface area contributed by atoms with Crippen molar-refractivity contribution in [3.8, 4) is 0 Å². The van der Waals surface area contributed by atoms with Gasteiger partial charge >= 0.3 is 0 Å². The van der Waals surface area contributed by atoms with Gasteiger partial charge in [0.05, 0.1) is 11.5 Å². The van der Waals surface area contributed by atoms with Crippen molar-refractivity contribution in [3.05, 3.63) is 35.1 Å². The lowest BCUT2D eigenvalue weighted by molar-refractivity contribution is 0.0933. The molecule has 1 aromatic carbocycles. The third-order valence-electron chi connectivity index (χ3n) is 3.06. The first-order valence-electron chi connectivity index (χ1n) is 5.40. The first-order chi connectivity index (χ1) is 7.89. The number of aryl methyl sites for hydroxylation is 1. The molecular weight excluding hydrogens is 243 g/mol. The van der Waals surface area contributed by atoms with Gasteiger partial charge in [0.2, 0.25) is 0 Å². The van der Waals surface area contributed by atoms with E-state index in [4.69, 9.17) is 0 Å². The summed E-state index contributed by atoms with van der Waals surface area (Å²) in [4.78, 5) is 12.0. The molecule has 2 rings (SSSR count). The molecular formula is C12H13FO3S. The molecule has 1 fully saturated rings. The van der Waals surface area contributed by atoms with Crippen LogP contribution in [0, 0.1) is 18.7 Å². The second kappa shape index (κ2) is 4.22. The lowest BCUT2D eigenvalue weighted by Crippen LogP contribution is -2.16. The van der Waals surface area contributed by atoms with E-state index in [-0.39, 0.29) is 22.9 Å². The number of carbonyl (C=O) groups excluding carboxylic acids is 1. The quantitative estimate of drug-likeness (QED) is 0.757. The fourth-order valence-corrected chi connectivity index (χ4v) is 3.73. The van der Waals surface area contributed by atoms with E-state index in [0.717, 1.165) is 0 Å². The smallest absolute Gasteiger partial charge is 0.167 e. The normalized spacial score (nSPS) is 22.6. The van der Waals surface area contributed by atoms with Crippen molar-refractivity contribution in [1.29, 1.82) is 0 Å². The highest BCUT2D eigenvalue weighted by Crippen LogP contribution is 2.23. The van der Waals surface area contributed by atoms with Crippen LogP contribution in [0.25, 0.3) is 0 Å². The SMILES string of the molecule is Cc1ccc(C(=O)C2CCS(=O)(=O)C2)cc1F. The average molecular weight is 256 g/mol. The van der Waals surface area contributed by atoms with E-state index in [0.29, 0.717) is 12.0 Å². The minimum absolute atomic E-state index is 0.0533. The van der Waals surface area contributed by atoms with E-state index < -0.39 is 21.6 Å². The molecule has 92 valence electrons. The molecule has 1 atom stereocenters. The molecule has 1 aliphatic rings. The molecule has 0 N–H and O–H groups in total. The zero-order valence-electron chi connectivity index (χ0n) is 9.44. The Hall–Kier alpha value is -1.23. The van der Waals surface area contributed by atoms with E-state index in [1.165, 1.54) is 12.1 Å². The van der Waals surface area contributed by atoms with Crippen LogP contribution in [0.5, 0.6) is 0 Å². The largest absolute Gasteiger partial charge is 0.294 e. The van der Waals surface area contributed by atoms with Crippen molar-refractivity contribution in [2.75, 3.05) is 11.5 Å². The summed E-state index contributed by atoms with van der Waals surface area (Å²) < 4.78 is 35.9. The standard InChI is InChI=1S/C12H13FO3S/c1-8-2-3-9(6-11(8)13)12(14)10-4-5-17(15,16)7-10/h2-3,6,10H,4-5,7H2,1H3. The van der Waals surface area contributed by atoms with Crippen molar-refractivity contribution < 1.29 is 17.6 Å². The van der Waals surface area contributed by atoms with Gasteiger partial charge in [-0.3, -0.25) is 4.79 Å². The summed E-state index contributed by atoms with van der Waals surface area (Å²) in [6.07, 6.45) is 0.344.